The summed E-state index contributed by atoms with van der Waals surface area (Å²) in [5.41, 5.74) is 20.6. The van der Waals surface area contributed by atoms with Crippen LogP contribution < -0.4 is 0 Å². The SMILES string of the molecule is CC[CH2][Zr]([CH3])(=[SiH2])([CH]1C(CC2CCCCC2)=Cc2c(-c3ccc(C45CC6CC(CC(C6)C4)C5)cc3)cccc21)[CH]1C(CC2CCCCC2)=Cc2c(-c3ccc(C45CC6CC(CC(C6)C4)C5)cc3)cccc21.Cl.Cl. The van der Waals surface area contributed by atoms with E-state index in [4.69, 9.17) is 0 Å². The Morgan fingerprint density at radius 3 is 1.15 bits per heavy atom. The molecule has 2 atom stereocenters. The summed E-state index contributed by atoms with van der Waals surface area (Å²) < 4.78 is 5.67. The van der Waals surface area contributed by atoms with Crippen LogP contribution in [-0.2, 0) is 28.2 Å². The summed E-state index contributed by atoms with van der Waals surface area (Å²) in [4.78, 5) is 0. The first kappa shape index (κ1) is 50.8. The van der Waals surface area contributed by atoms with Gasteiger partial charge < -0.3 is 0 Å². The number of halogens is 2. The molecule has 0 amide bonds. The average molecular weight is 1100 g/mol. The van der Waals surface area contributed by atoms with Gasteiger partial charge in [0.1, 0.15) is 0 Å². The van der Waals surface area contributed by atoms with E-state index in [1.165, 1.54) is 187 Å². The summed E-state index contributed by atoms with van der Waals surface area (Å²) in [5.74, 6) is 7.58. The quantitative estimate of drug-likeness (QED) is 0.124. The van der Waals surface area contributed by atoms with Crippen LogP contribution in [0.3, 0.4) is 0 Å². The summed E-state index contributed by atoms with van der Waals surface area (Å²) in [6.45, 7) is 5.26. The Kier molecular flexibility index (Phi) is 13.8. The van der Waals surface area contributed by atoms with Gasteiger partial charge in [0.2, 0.25) is 0 Å². The van der Waals surface area contributed by atoms with Crippen LogP contribution >= 0.6 is 24.8 Å². The first-order valence-corrected chi connectivity index (χ1v) is 43.0. The van der Waals surface area contributed by atoms with Crippen LogP contribution in [0.15, 0.2) is 96.1 Å². The third-order valence-electron chi connectivity index (χ3n) is 23.2. The van der Waals surface area contributed by atoms with Gasteiger partial charge in [-0.25, -0.2) is 0 Å². The Balaban J connectivity index is 0.00000265. The van der Waals surface area contributed by atoms with Gasteiger partial charge in [0, 0.05) is 0 Å². The Hall–Kier alpha value is -1.96. The van der Waals surface area contributed by atoms with E-state index in [0.717, 1.165) is 47.3 Å². The Morgan fingerprint density at radius 2 is 0.819 bits per heavy atom. The van der Waals surface area contributed by atoms with Gasteiger partial charge in [-0.15, -0.1) is 24.8 Å². The maximum atomic E-state index is 3.05. The van der Waals surface area contributed by atoms with E-state index < -0.39 is 17.4 Å². The first-order chi connectivity index (χ1) is 34.1. The molecule has 4 aromatic carbocycles. The fourth-order valence-corrected chi connectivity index (χ4v) is 47.2. The fraction of sp³-hybridized carbons (Fsp3) is 0.588. The van der Waals surface area contributed by atoms with Crippen LogP contribution in [0.5, 0.6) is 0 Å². The van der Waals surface area contributed by atoms with Gasteiger partial charge in [-0.3, -0.25) is 0 Å². The molecule has 0 nitrogen and oxygen atoms in total. The van der Waals surface area contributed by atoms with Crippen LogP contribution in [0.25, 0.3) is 34.4 Å². The zero-order chi connectivity index (χ0) is 46.8. The molecule has 0 radical (unpaired) electrons. The van der Waals surface area contributed by atoms with Crippen molar-refractivity contribution in [1.29, 1.82) is 0 Å². The molecular formula is C68H88Cl2SiZr. The van der Waals surface area contributed by atoms with Gasteiger partial charge >= 0.3 is 430 Å². The second-order valence-corrected chi connectivity index (χ2v) is 56.6. The van der Waals surface area contributed by atoms with E-state index in [9.17, 15) is 0 Å². The average Bonchev–Trinajstić information content (AvgIpc) is 3.94. The summed E-state index contributed by atoms with van der Waals surface area (Å²) in [5, 5.41) is 0. The van der Waals surface area contributed by atoms with Gasteiger partial charge in [0.15, 0.2) is 0 Å². The zero-order valence-corrected chi connectivity index (χ0v) is 49.9. The number of allylic oxidation sites excluding steroid dienone is 2. The van der Waals surface area contributed by atoms with Gasteiger partial charge in [0.25, 0.3) is 0 Å². The molecule has 8 bridgehead atoms. The molecule has 12 aliphatic carbocycles. The maximum Gasteiger partial charge on any atom is -0.147 e. The Morgan fingerprint density at radius 1 is 0.472 bits per heavy atom. The molecule has 10 saturated carbocycles. The number of hydrogen-bond acceptors (Lipinski definition) is 0. The van der Waals surface area contributed by atoms with Crippen molar-refractivity contribution in [3.63, 3.8) is 0 Å². The van der Waals surface area contributed by atoms with Crippen LogP contribution in [-0.4, -0.2) is 6.88 Å². The molecule has 0 spiro atoms. The smallest absolute Gasteiger partial charge is 0.147 e. The number of hydrogen-bond donors (Lipinski definition) is 0. The van der Waals surface area contributed by atoms with Crippen molar-refractivity contribution >= 4 is 43.8 Å². The molecule has 0 saturated heterocycles. The van der Waals surface area contributed by atoms with Crippen LogP contribution in [0.4, 0.5) is 0 Å². The monoisotopic (exact) mass is 1090 g/mol. The van der Waals surface area contributed by atoms with Crippen molar-refractivity contribution in [2.24, 2.45) is 47.3 Å². The van der Waals surface area contributed by atoms with Crippen molar-refractivity contribution in [3.8, 4) is 22.3 Å². The second kappa shape index (κ2) is 19.5. The van der Waals surface area contributed by atoms with E-state index >= 15 is 0 Å². The van der Waals surface area contributed by atoms with Crippen LogP contribution in [0.2, 0.25) is 8.76 Å². The van der Waals surface area contributed by atoms with E-state index in [2.05, 4.69) is 116 Å². The minimum Gasteiger partial charge on any atom is -0.147 e. The van der Waals surface area contributed by atoms with E-state index in [1.54, 1.807) is 33.4 Å². The van der Waals surface area contributed by atoms with Crippen molar-refractivity contribution in [3.05, 3.63) is 129 Å². The molecule has 12 aliphatic rings. The molecule has 72 heavy (non-hydrogen) atoms. The molecular weight excluding hydrogens is 1010 g/mol. The summed E-state index contributed by atoms with van der Waals surface area (Å²) in [6, 6.07) is 36.2. The molecule has 10 fully saturated rings. The number of rotatable bonds is 12. The van der Waals surface area contributed by atoms with Crippen molar-refractivity contribution in [2.45, 2.75) is 194 Å². The minimum atomic E-state index is -4.02. The Bertz CT molecular complexity index is 2540. The predicted molar refractivity (Wildman–Crippen MR) is 311 cm³/mol. The molecule has 4 heteroatoms. The summed E-state index contributed by atoms with van der Waals surface area (Å²) in [7, 11) is 0. The van der Waals surface area contributed by atoms with E-state index in [1.807, 2.05) is 11.1 Å². The van der Waals surface area contributed by atoms with Crippen LogP contribution in [0, 0.1) is 47.3 Å². The van der Waals surface area contributed by atoms with Crippen molar-refractivity contribution < 1.29 is 17.4 Å². The molecule has 4 aromatic rings. The standard InChI is InChI=1S/2C32H37.C3H7.CH3.2ClH.H2Si.Zr/c2*1-2-5-22(6-3-1)13-23-17-28-7-4-8-30(31(28)18-23)27-9-11-29(12-10-27)32-19-24-14-25(20-32)16-26(15-24)21-32;1-3-2;;;;;/h2*4,7-12,17-18,22,24-26H,1-3,5-6,13-16,19-21H2;1,3H2,2H3;1H3;2*1H;1H2;. The first-order valence-electron chi connectivity index (χ1n) is 30.1. The van der Waals surface area contributed by atoms with Crippen molar-refractivity contribution in [1.82, 2.24) is 0 Å². The van der Waals surface area contributed by atoms with Gasteiger partial charge in [0.05, 0.1) is 0 Å². The third kappa shape index (κ3) is 8.56. The second-order valence-electron chi connectivity index (χ2n) is 28.2. The predicted octanol–water partition coefficient (Wildman–Crippen LogP) is 19.4. The van der Waals surface area contributed by atoms with Gasteiger partial charge in [-0.05, 0) is 0 Å². The molecule has 0 N–H and O–H groups in total. The topological polar surface area (TPSA) is 0 Å². The number of benzene rings is 4. The molecule has 0 aromatic heterocycles. The third-order valence-corrected chi connectivity index (χ3v) is 46.7. The zero-order valence-electron chi connectivity index (χ0n) is 44.4. The maximum absolute atomic E-state index is 4.02. The molecule has 0 heterocycles. The summed E-state index contributed by atoms with van der Waals surface area (Å²) in [6.07, 6.45) is 41.8. The van der Waals surface area contributed by atoms with Gasteiger partial charge in [-0.2, -0.15) is 0 Å². The largest absolute Gasteiger partial charge is 0.147 e. The number of fused-ring (bicyclic) bond motifs is 2. The molecule has 0 aliphatic heterocycles. The van der Waals surface area contributed by atoms with E-state index in [-0.39, 0.29) is 24.8 Å². The normalized spacial score (nSPS) is 33.5. The fourth-order valence-electron chi connectivity index (χ4n) is 21.4. The Labute approximate surface area is 450 Å². The van der Waals surface area contributed by atoms with Crippen molar-refractivity contribution in [2.75, 3.05) is 0 Å². The minimum absolute atomic E-state index is 0. The molecule has 2 unspecified atom stereocenters. The molecule has 382 valence electrons. The van der Waals surface area contributed by atoms with Crippen LogP contribution in [0.1, 0.15) is 208 Å². The molecule has 16 rings (SSSR count). The van der Waals surface area contributed by atoms with Gasteiger partial charge in [-0.1, -0.05) is 0 Å². The van der Waals surface area contributed by atoms with E-state index in [0.29, 0.717) is 18.1 Å². The summed E-state index contributed by atoms with van der Waals surface area (Å²) >= 11 is -4.02.